The summed E-state index contributed by atoms with van der Waals surface area (Å²) >= 11 is 6.24. The number of sulfonamides is 1. The Labute approximate surface area is 204 Å². The van der Waals surface area contributed by atoms with Gasteiger partial charge in [0.05, 0.1) is 10.7 Å². The van der Waals surface area contributed by atoms with Crippen molar-refractivity contribution in [2.75, 3.05) is 6.54 Å². The number of carbonyl (C=O) groups excluding carboxylic acids is 1. The molecule has 0 radical (unpaired) electrons. The van der Waals surface area contributed by atoms with Crippen molar-refractivity contribution in [3.8, 4) is 5.75 Å². The molecule has 34 heavy (non-hydrogen) atoms. The van der Waals surface area contributed by atoms with Crippen LogP contribution in [0.1, 0.15) is 30.5 Å². The summed E-state index contributed by atoms with van der Waals surface area (Å²) in [6.45, 7) is 0.902. The van der Waals surface area contributed by atoms with E-state index in [1.54, 1.807) is 42.6 Å². The molecule has 1 aromatic heterocycles. The first-order valence-electron chi connectivity index (χ1n) is 11.1. The highest BCUT2D eigenvalue weighted by Gasteiger charge is 2.37. The number of nitrogens with one attached hydrogen (secondary N) is 1. The van der Waals surface area contributed by atoms with Crippen LogP contribution in [0.15, 0.2) is 77.8 Å². The lowest BCUT2D eigenvalue weighted by atomic mass is 10.1. The number of halogens is 1. The van der Waals surface area contributed by atoms with Gasteiger partial charge in [-0.15, -0.1) is 0 Å². The number of benzene rings is 2. The van der Waals surface area contributed by atoms with E-state index in [1.165, 1.54) is 16.4 Å². The smallest absolute Gasteiger partial charge is 0.245 e. The number of rotatable bonds is 8. The predicted molar refractivity (Wildman–Crippen MR) is 130 cm³/mol. The van der Waals surface area contributed by atoms with Crippen LogP contribution in [0, 0.1) is 0 Å². The largest absolute Gasteiger partial charge is 0.487 e. The summed E-state index contributed by atoms with van der Waals surface area (Å²) in [5, 5.41) is 2.96. The Hall–Kier alpha value is -2.94. The normalized spacial score (nSPS) is 16.6. The fourth-order valence-corrected chi connectivity index (χ4v) is 5.95. The molecule has 0 bridgehead atoms. The van der Waals surface area contributed by atoms with Gasteiger partial charge in [0.1, 0.15) is 23.3 Å². The maximum Gasteiger partial charge on any atom is 0.245 e. The highest BCUT2D eigenvalue weighted by Crippen LogP contribution is 2.29. The van der Waals surface area contributed by atoms with E-state index in [0.717, 1.165) is 24.1 Å². The van der Waals surface area contributed by atoms with E-state index < -0.39 is 16.1 Å². The molecule has 178 valence electrons. The molecule has 1 fully saturated rings. The van der Waals surface area contributed by atoms with Gasteiger partial charge in [-0.3, -0.25) is 9.78 Å². The van der Waals surface area contributed by atoms with Gasteiger partial charge in [0, 0.05) is 19.3 Å². The van der Waals surface area contributed by atoms with Gasteiger partial charge in [0.15, 0.2) is 0 Å². The minimum Gasteiger partial charge on any atom is -0.487 e. The van der Waals surface area contributed by atoms with Crippen molar-refractivity contribution in [3.05, 3.63) is 89.2 Å². The summed E-state index contributed by atoms with van der Waals surface area (Å²) in [6, 6.07) is 18.3. The SMILES string of the molecule is O=C1NCCCC[C@@H]1N(Cc1ccc(OCc2ccccn2)cc1)S(=O)(=O)c1ccccc1Cl. The van der Waals surface area contributed by atoms with Crippen LogP contribution in [0.3, 0.4) is 0 Å². The van der Waals surface area contributed by atoms with Gasteiger partial charge in [-0.1, -0.05) is 41.9 Å². The van der Waals surface area contributed by atoms with Crippen molar-refractivity contribution in [3.63, 3.8) is 0 Å². The quantitative estimate of drug-likeness (QED) is 0.502. The second kappa shape index (κ2) is 11.0. The third-order valence-electron chi connectivity index (χ3n) is 5.65. The van der Waals surface area contributed by atoms with Crippen LogP contribution >= 0.6 is 11.6 Å². The van der Waals surface area contributed by atoms with Crippen molar-refractivity contribution < 1.29 is 17.9 Å². The topological polar surface area (TPSA) is 88.6 Å². The van der Waals surface area contributed by atoms with Crippen LogP contribution in [0.5, 0.6) is 5.75 Å². The molecule has 1 amide bonds. The molecule has 0 unspecified atom stereocenters. The molecule has 1 aliphatic heterocycles. The molecule has 1 saturated heterocycles. The molecule has 1 atom stereocenters. The zero-order valence-electron chi connectivity index (χ0n) is 18.6. The maximum atomic E-state index is 13.7. The van der Waals surface area contributed by atoms with Crippen LogP contribution in [-0.2, 0) is 28.0 Å². The zero-order valence-corrected chi connectivity index (χ0v) is 20.1. The predicted octanol–water partition coefficient (Wildman–Crippen LogP) is 4.17. The molecule has 7 nitrogen and oxygen atoms in total. The van der Waals surface area contributed by atoms with E-state index in [0.29, 0.717) is 25.3 Å². The lowest BCUT2D eigenvalue weighted by Gasteiger charge is -2.29. The lowest BCUT2D eigenvalue weighted by Crippen LogP contribution is -2.48. The molecular weight excluding hydrogens is 474 g/mol. The summed E-state index contributed by atoms with van der Waals surface area (Å²) in [5.74, 6) is 0.352. The fraction of sp³-hybridized carbons (Fsp3) is 0.280. The van der Waals surface area contributed by atoms with Gasteiger partial charge in [-0.05, 0) is 61.2 Å². The average Bonchev–Trinajstić information content (AvgIpc) is 3.06. The number of aromatic nitrogens is 1. The van der Waals surface area contributed by atoms with E-state index in [1.807, 2.05) is 18.2 Å². The molecule has 9 heteroatoms. The lowest BCUT2D eigenvalue weighted by molar-refractivity contribution is -0.124. The first-order valence-corrected chi connectivity index (χ1v) is 12.9. The van der Waals surface area contributed by atoms with E-state index in [4.69, 9.17) is 16.3 Å². The summed E-state index contributed by atoms with van der Waals surface area (Å²) in [5.41, 5.74) is 1.54. The Morgan fingerprint density at radius 3 is 2.53 bits per heavy atom. The van der Waals surface area contributed by atoms with Gasteiger partial charge >= 0.3 is 0 Å². The van der Waals surface area contributed by atoms with Crippen LogP contribution < -0.4 is 10.1 Å². The van der Waals surface area contributed by atoms with Crippen molar-refractivity contribution >= 4 is 27.5 Å². The number of hydrogen-bond acceptors (Lipinski definition) is 5. The summed E-state index contributed by atoms with van der Waals surface area (Å²) in [7, 11) is -4.03. The number of pyridine rings is 1. The first kappa shape index (κ1) is 24.2. The molecule has 0 aliphatic carbocycles. The summed E-state index contributed by atoms with van der Waals surface area (Å²) < 4.78 is 34.4. The average molecular weight is 500 g/mol. The molecule has 1 N–H and O–H groups in total. The van der Waals surface area contributed by atoms with E-state index in [2.05, 4.69) is 10.3 Å². The first-order chi connectivity index (χ1) is 16.4. The highest BCUT2D eigenvalue weighted by molar-refractivity contribution is 7.89. The Morgan fingerprint density at radius 1 is 1.03 bits per heavy atom. The van der Waals surface area contributed by atoms with Gasteiger partial charge < -0.3 is 10.1 Å². The number of amides is 1. The molecule has 2 heterocycles. The van der Waals surface area contributed by atoms with Crippen molar-refractivity contribution in [2.24, 2.45) is 0 Å². The minimum atomic E-state index is -4.03. The summed E-state index contributed by atoms with van der Waals surface area (Å²) in [4.78, 5) is 17.0. The zero-order chi connectivity index (χ0) is 24.0. The molecule has 1 aliphatic rings. The van der Waals surface area contributed by atoms with E-state index in [-0.39, 0.29) is 22.4 Å². The second-order valence-corrected chi connectivity index (χ2v) is 10.3. The molecule has 0 saturated carbocycles. The third-order valence-corrected chi connectivity index (χ3v) is 8.01. The monoisotopic (exact) mass is 499 g/mol. The minimum absolute atomic E-state index is 0.0102. The molecule has 2 aromatic carbocycles. The van der Waals surface area contributed by atoms with Crippen LogP contribution in [-0.4, -0.2) is 36.2 Å². The van der Waals surface area contributed by atoms with Crippen LogP contribution in [0.2, 0.25) is 5.02 Å². The Bertz CT molecular complexity index is 1220. The van der Waals surface area contributed by atoms with Crippen LogP contribution in [0.4, 0.5) is 0 Å². The fourth-order valence-electron chi connectivity index (χ4n) is 3.85. The van der Waals surface area contributed by atoms with Crippen LogP contribution in [0.25, 0.3) is 0 Å². The van der Waals surface area contributed by atoms with E-state index in [9.17, 15) is 13.2 Å². The number of ether oxygens (including phenoxy) is 1. The third kappa shape index (κ3) is 5.75. The highest BCUT2D eigenvalue weighted by atomic mass is 35.5. The maximum absolute atomic E-state index is 13.7. The number of hydrogen-bond donors (Lipinski definition) is 1. The number of carbonyl (C=O) groups is 1. The second-order valence-electron chi connectivity index (χ2n) is 8.04. The van der Waals surface area contributed by atoms with E-state index >= 15 is 0 Å². The standard InChI is InChI=1S/C25H26ClN3O4S/c26-22-8-1-2-10-24(22)34(31,32)29(23-9-4-6-16-28-25(23)30)17-19-11-13-21(14-12-19)33-18-20-7-3-5-15-27-20/h1-3,5,7-8,10-15,23H,4,6,9,16-18H2,(H,28,30)/t23-/m0/s1. The Balaban J connectivity index is 1.58. The van der Waals surface area contributed by atoms with Crippen molar-refractivity contribution in [1.29, 1.82) is 0 Å². The molecule has 3 aromatic rings. The summed E-state index contributed by atoms with van der Waals surface area (Å²) in [6.07, 6.45) is 3.71. The molecule has 4 rings (SSSR count). The Kier molecular flexibility index (Phi) is 7.82. The van der Waals surface area contributed by atoms with Gasteiger partial charge in [-0.25, -0.2) is 8.42 Å². The van der Waals surface area contributed by atoms with Gasteiger partial charge in [-0.2, -0.15) is 4.31 Å². The van der Waals surface area contributed by atoms with Crippen molar-refractivity contribution in [1.82, 2.24) is 14.6 Å². The van der Waals surface area contributed by atoms with Crippen molar-refractivity contribution in [2.45, 2.75) is 43.4 Å². The van der Waals surface area contributed by atoms with Gasteiger partial charge in [0.2, 0.25) is 15.9 Å². The van der Waals surface area contributed by atoms with Gasteiger partial charge in [0.25, 0.3) is 0 Å². The Morgan fingerprint density at radius 2 is 1.79 bits per heavy atom. The number of nitrogens with zero attached hydrogens (tertiary/aromatic N) is 2. The molecular formula is C25H26ClN3O4S. The molecule has 0 spiro atoms.